The van der Waals surface area contributed by atoms with Gasteiger partial charge in [-0.05, 0) is 52.4 Å². The highest BCUT2D eigenvalue weighted by Crippen LogP contribution is 2.35. The predicted octanol–water partition coefficient (Wildman–Crippen LogP) is 2.06. The Morgan fingerprint density at radius 1 is 1.17 bits per heavy atom. The SMILES string of the molecule is CCN1CCC(N(C)C2(CN)CCCCC2)CC1. The molecule has 0 unspecified atom stereocenters. The van der Waals surface area contributed by atoms with Crippen molar-refractivity contribution < 1.29 is 0 Å². The summed E-state index contributed by atoms with van der Waals surface area (Å²) < 4.78 is 0. The van der Waals surface area contributed by atoms with E-state index in [9.17, 15) is 0 Å². The summed E-state index contributed by atoms with van der Waals surface area (Å²) in [6, 6.07) is 0.759. The average Bonchev–Trinajstić information content (AvgIpc) is 2.47. The smallest absolute Gasteiger partial charge is 0.0331 e. The highest BCUT2D eigenvalue weighted by atomic mass is 15.2. The molecule has 3 nitrogen and oxygen atoms in total. The number of likely N-dealkylation sites (tertiary alicyclic amines) is 1. The van der Waals surface area contributed by atoms with Gasteiger partial charge in [0.2, 0.25) is 0 Å². The Morgan fingerprint density at radius 3 is 2.28 bits per heavy atom. The molecule has 18 heavy (non-hydrogen) atoms. The van der Waals surface area contributed by atoms with Crippen LogP contribution in [-0.4, -0.2) is 54.6 Å². The lowest BCUT2D eigenvalue weighted by atomic mass is 9.79. The molecule has 1 saturated carbocycles. The minimum absolute atomic E-state index is 0.317. The molecule has 0 aromatic rings. The third-order valence-corrected chi connectivity index (χ3v) is 5.46. The van der Waals surface area contributed by atoms with Gasteiger partial charge >= 0.3 is 0 Å². The average molecular weight is 253 g/mol. The van der Waals surface area contributed by atoms with Gasteiger partial charge in [0.15, 0.2) is 0 Å². The van der Waals surface area contributed by atoms with E-state index in [1.165, 1.54) is 64.6 Å². The van der Waals surface area contributed by atoms with Crippen LogP contribution in [-0.2, 0) is 0 Å². The molecule has 0 aromatic heterocycles. The third-order valence-electron chi connectivity index (χ3n) is 5.46. The third kappa shape index (κ3) is 2.89. The van der Waals surface area contributed by atoms with Gasteiger partial charge in [0.1, 0.15) is 0 Å². The van der Waals surface area contributed by atoms with Crippen LogP contribution in [0.15, 0.2) is 0 Å². The lowest BCUT2D eigenvalue weighted by molar-refractivity contribution is 0.0160. The molecule has 2 N–H and O–H groups in total. The monoisotopic (exact) mass is 253 g/mol. The summed E-state index contributed by atoms with van der Waals surface area (Å²) in [7, 11) is 2.34. The summed E-state index contributed by atoms with van der Waals surface area (Å²) in [5.74, 6) is 0. The molecule has 1 heterocycles. The quantitative estimate of drug-likeness (QED) is 0.832. The van der Waals surface area contributed by atoms with E-state index >= 15 is 0 Å². The summed E-state index contributed by atoms with van der Waals surface area (Å²) in [6.45, 7) is 6.86. The van der Waals surface area contributed by atoms with Crippen molar-refractivity contribution in [2.24, 2.45) is 5.73 Å². The Kier molecular flexibility index (Phi) is 5.05. The standard InChI is InChI=1S/C15H31N3/c1-3-18-11-7-14(8-12-18)17(2)15(13-16)9-5-4-6-10-15/h14H,3-13,16H2,1-2H3. The van der Waals surface area contributed by atoms with E-state index in [4.69, 9.17) is 5.73 Å². The molecule has 1 saturated heterocycles. The minimum Gasteiger partial charge on any atom is -0.329 e. The molecule has 1 aliphatic carbocycles. The summed E-state index contributed by atoms with van der Waals surface area (Å²) in [4.78, 5) is 5.24. The highest BCUT2D eigenvalue weighted by Gasteiger charge is 2.38. The molecule has 3 heteroatoms. The first kappa shape index (κ1) is 14.3. The molecule has 0 amide bonds. The van der Waals surface area contributed by atoms with E-state index in [2.05, 4.69) is 23.8 Å². The number of nitrogens with zero attached hydrogens (tertiary/aromatic N) is 2. The number of hydrogen-bond donors (Lipinski definition) is 1. The van der Waals surface area contributed by atoms with Gasteiger partial charge < -0.3 is 10.6 Å². The zero-order valence-electron chi connectivity index (χ0n) is 12.3. The lowest BCUT2D eigenvalue weighted by Crippen LogP contribution is -2.58. The fraction of sp³-hybridized carbons (Fsp3) is 1.00. The molecule has 2 fully saturated rings. The molecule has 2 aliphatic rings. The second-order valence-corrected chi connectivity index (χ2v) is 6.27. The van der Waals surface area contributed by atoms with Crippen molar-refractivity contribution in [1.29, 1.82) is 0 Å². The summed E-state index contributed by atoms with van der Waals surface area (Å²) in [5.41, 5.74) is 6.46. The maximum absolute atomic E-state index is 6.15. The summed E-state index contributed by atoms with van der Waals surface area (Å²) in [6.07, 6.45) is 9.43. The van der Waals surface area contributed by atoms with Crippen LogP contribution in [0, 0.1) is 0 Å². The van der Waals surface area contributed by atoms with Gasteiger partial charge in [-0.15, -0.1) is 0 Å². The van der Waals surface area contributed by atoms with Crippen LogP contribution in [0.5, 0.6) is 0 Å². The van der Waals surface area contributed by atoms with Crippen molar-refractivity contribution >= 4 is 0 Å². The highest BCUT2D eigenvalue weighted by molar-refractivity contribution is 4.96. The maximum Gasteiger partial charge on any atom is 0.0331 e. The summed E-state index contributed by atoms with van der Waals surface area (Å²) in [5, 5.41) is 0. The summed E-state index contributed by atoms with van der Waals surface area (Å²) >= 11 is 0. The molecule has 0 aromatic carbocycles. The lowest BCUT2D eigenvalue weighted by Gasteiger charge is -2.49. The van der Waals surface area contributed by atoms with E-state index in [1.807, 2.05) is 0 Å². The van der Waals surface area contributed by atoms with Crippen molar-refractivity contribution in [3.05, 3.63) is 0 Å². The largest absolute Gasteiger partial charge is 0.329 e. The van der Waals surface area contributed by atoms with Gasteiger partial charge in [-0.2, -0.15) is 0 Å². The Balaban J connectivity index is 1.94. The van der Waals surface area contributed by atoms with Crippen molar-refractivity contribution in [3.63, 3.8) is 0 Å². The van der Waals surface area contributed by atoms with Crippen molar-refractivity contribution in [2.45, 2.75) is 63.5 Å². The molecule has 0 atom stereocenters. The number of nitrogens with two attached hydrogens (primary N) is 1. The Morgan fingerprint density at radius 2 is 1.78 bits per heavy atom. The number of rotatable bonds is 4. The molecule has 2 rings (SSSR count). The van der Waals surface area contributed by atoms with E-state index in [0.717, 1.165) is 12.6 Å². The Bertz CT molecular complexity index is 240. The van der Waals surface area contributed by atoms with Crippen LogP contribution in [0.25, 0.3) is 0 Å². The van der Waals surface area contributed by atoms with Gasteiger partial charge in [-0.25, -0.2) is 0 Å². The van der Waals surface area contributed by atoms with E-state index < -0.39 is 0 Å². The second-order valence-electron chi connectivity index (χ2n) is 6.27. The predicted molar refractivity (Wildman–Crippen MR) is 77.8 cm³/mol. The number of likely N-dealkylation sites (N-methyl/N-ethyl adjacent to an activating group) is 1. The van der Waals surface area contributed by atoms with Gasteiger partial charge in [0.05, 0.1) is 0 Å². The Labute approximate surface area is 113 Å². The zero-order chi connectivity index (χ0) is 13.0. The number of piperidine rings is 1. The molecule has 0 radical (unpaired) electrons. The van der Waals surface area contributed by atoms with Crippen LogP contribution in [0.4, 0.5) is 0 Å². The molecule has 1 aliphatic heterocycles. The van der Waals surface area contributed by atoms with E-state index in [0.29, 0.717) is 5.54 Å². The van der Waals surface area contributed by atoms with Crippen LogP contribution in [0.2, 0.25) is 0 Å². The maximum atomic E-state index is 6.15. The van der Waals surface area contributed by atoms with Gasteiger partial charge in [-0.3, -0.25) is 4.90 Å². The van der Waals surface area contributed by atoms with Crippen LogP contribution < -0.4 is 5.73 Å². The molecule has 106 valence electrons. The van der Waals surface area contributed by atoms with Gasteiger partial charge in [0, 0.05) is 18.1 Å². The van der Waals surface area contributed by atoms with Crippen LogP contribution >= 0.6 is 0 Å². The Hall–Kier alpha value is -0.120. The fourth-order valence-electron chi connectivity index (χ4n) is 3.92. The van der Waals surface area contributed by atoms with Crippen LogP contribution in [0.1, 0.15) is 51.9 Å². The molecule has 0 bridgehead atoms. The van der Waals surface area contributed by atoms with Gasteiger partial charge in [0.25, 0.3) is 0 Å². The van der Waals surface area contributed by atoms with Crippen molar-refractivity contribution in [2.75, 3.05) is 33.2 Å². The van der Waals surface area contributed by atoms with Crippen molar-refractivity contribution in [3.8, 4) is 0 Å². The van der Waals surface area contributed by atoms with Crippen molar-refractivity contribution in [1.82, 2.24) is 9.80 Å². The normalized spacial score (nSPS) is 26.7. The van der Waals surface area contributed by atoms with E-state index in [1.54, 1.807) is 0 Å². The first-order valence-corrected chi connectivity index (χ1v) is 7.87. The first-order valence-electron chi connectivity index (χ1n) is 7.87. The van der Waals surface area contributed by atoms with Gasteiger partial charge in [-0.1, -0.05) is 26.2 Å². The zero-order valence-corrected chi connectivity index (χ0v) is 12.3. The molecular formula is C15H31N3. The topological polar surface area (TPSA) is 32.5 Å². The fourth-order valence-corrected chi connectivity index (χ4v) is 3.92. The first-order chi connectivity index (χ1) is 8.72. The molecular weight excluding hydrogens is 222 g/mol. The number of hydrogen-bond acceptors (Lipinski definition) is 3. The molecule has 0 spiro atoms. The van der Waals surface area contributed by atoms with Crippen LogP contribution in [0.3, 0.4) is 0 Å². The minimum atomic E-state index is 0.317. The second kappa shape index (κ2) is 6.36. The van der Waals surface area contributed by atoms with E-state index in [-0.39, 0.29) is 0 Å².